The Morgan fingerprint density at radius 3 is 2.65 bits per heavy atom. The Morgan fingerprint density at radius 2 is 2.18 bits per heavy atom. The topological polar surface area (TPSA) is 20.3 Å². The maximum absolute atomic E-state index is 12.2. The lowest BCUT2D eigenvalue weighted by Crippen LogP contribution is -2.35. The van der Waals surface area contributed by atoms with Crippen molar-refractivity contribution in [2.24, 2.45) is 0 Å². The van der Waals surface area contributed by atoms with Gasteiger partial charge in [-0.25, -0.2) is 0 Å². The zero-order valence-electron chi connectivity index (χ0n) is 9.04. The molecule has 17 heavy (non-hydrogen) atoms. The molecule has 6 heteroatoms. The van der Waals surface area contributed by atoms with E-state index in [9.17, 15) is 18.0 Å². The molecule has 0 N–H and O–H groups in total. The minimum atomic E-state index is -4.42. The monoisotopic (exact) mass is 263 g/mol. The Balaban J connectivity index is 1.99. The van der Waals surface area contributed by atoms with Gasteiger partial charge in [-0.3, -0.25) is 4.79 Å². The zero-order valence-corrected chi connectivity index (χ0v) is 9.85. The van der Waals surface area contributed by atoms with E-state index in [4.69, 9.17) is 0 Å². The molecular weight excluding hydrogens is 251 g/mol. The molecule has 0 unspecified atom stereocenters. The van der Waals surface area contributed by atoms with Crippen molar-refractivity contribution in [3.8, 4) is 0 Å². The minimum absolute atomic E-state index is 0.00644. The lowest BCUT2D eigenvalue weighted by atomic mass is 10.3. The Labute approximate surface area is 101 Å². The van der Waals surface area contributed by atoms with Crippen LogP contribution < -0.4 is 0 Å². The number of amides is 1. The van der Waals surface area contributed by atoms with Crippen LogP contribution in [0.25, 0.3) is 0 Å². The molecule has 94 valence electrons. The van der Waals surface area contributed by atoms with Crippen LogP contribution in [0.1, 0.15) is 24.1 Å². The van der Waals surface area contributed by atoms with Crippen molar-refractivity contribution in [1.82, 2.24) is 4.90 Å². The molecule has 1 aromatic heterocycles. The van der Waals surface area contributed by atoms with Gasteiger partial charge in [0, 0.05) is 10.9 Å². The molecule has 0 atom stereocenters. The summed E-state index contributed by atoms with van der Waals surface area (Å²) in [7, 11) is 0. The first kappa shape index (κ1) is 12.4. The fraction of sp³-hybridized carbons (Fsp3) is 0.545. The molecule has 1 aliphatic rings. The van der Waals surface area contributed by atoms with Gasteiger partial charge in [0.1, 0.15) is 6.42 Å². The van der Waals surface area contributed by atoms with E-state index in [0.717, 1.165) is 17.7 Å². The molecule has 0 aliphatic heterocycles. The number of thiophene rings is 1. The van der Waals surface area contributed by atoms with Crippen LogP contribution in [0.4, 0.5) is 13.2 Å². The molecule has 0 spiro atoms. The van der Waals surface area contributed by atoms with E-state index in [1.54, 1.807) is 0 Å². The van der Waals surface area contributed by atoms with Gasteiger partial charge in [-0.1, -0.05) is 6.07 Å². The van der Waals surface area contributed by atoms with E-state index in [0.29, 0.717) is 6.54 Å². The van der Waals surface area contributed by atoms with Crippen molar-refractivity contribution in [2.45, 2.75) is 38.0 Å². The average Bonchev–Trinajstić information content (AvgIpc) is 2.89. The lowest BCUT2D eigenvalue weighted by Gasteiger charge is -2.22. The third-order valence-corrected chi connectivity index (χ3v) is 3.43. The predicted molar refractivity (Wildman–Crippen MR) is 58.6 cm³/mol. The average molecular weight is 263 g/mol. The molecule has 0 bridgehead atoms. The molecule has 2 nitrogen and oxygen atoms in total. The number of hydrogen-bond acceptors (Lipinski definition) is 2. The SMILES string of the molecule is O=C(CC(F)(F)F)N(Cc1cccs1)C1CC1. The molecule has 0 aromatic carbocycles. The van der Waals surface area contributed by atoms with Crippen molar-refractivity contribution in [3.05, 3.63) is 22.4 Å². The standard InChI is InChI=1S/C11H12F3NOS/c12-11(13,14)6-10(16)15(8-3-4-8)7-9-2-1-5-17-9/h1-2,5,8H,3-4,6-7H2. The molecule has 0 radical (unpaired) electrons. The molecule has 1 saturated carbocycles. The highest BCUT2D eigenvalue weighted by molar-refractivity contribution is 7.09. The van der Waals surface area contributed by atoms with Crippen molar-refractivity contribution in [2.75, 3.05) is 0 Å². The molecule has 0 saturated heterocycles. The summed E-state index contributed by atoms with van der Waals surface area (Å²) in [5.41, 5.74) is 0. The zero-order chi connectivity index (χ0) is 12.5. The molecule has 1 heterocycles. The van der Waals surface area contributed by atoms with Crippen LogP contribution in [0.3, 0.4) is 0 Å². The quantitative estimate of drug-likeness (QED) is 0.817. The summed E-state index contributed by atoms with van der Waals surface area (Å²) < 4.78 is 36.6. The van der Waals surface area contributed by atoms with E-state index in [2.05, 4.69) is 0 Å². The normalized spacial score (nSPS) is 15.9. The Morgan fingerprint density at radius 1 is 1.47 bits per heavy atom. The van der Waals surface area contributed by atoms with Gasteiger partial charge < -0.3 is 4.90 Å². The summed E-state index contributed by atoms with van der Waals surface area (Å²) in [6, 6.07) is 3.67. The first-order valence-electron chi connectivity index (χ1n) is 5.34. The third kappa shape index (κ3) is 3.73. The number of halogens is 3. The van der Waals surface area contributed by atoms with Gasteiger partial charge in [0.25, 0.3) is 0 Å². The predicted octanol–water partition coefficient (Wildman–Crippen LogP) is 3.19. The van der Waals surface area contributed by atoms with Crippen molar-refractivity contribution in [3.63, 3.8) is 0 Å². The highest BCUT2D eigenvalue weighted by atomic mass is 32.1. The minimum Gasteiger partial charge on any atom is -0.334 e. The van der Waals surface area contributed by atoms with E-state index < -0.39 is 18.5 Å². The second kappa shape index (κ2) is 4.68. The van der Waals surface area contributed by atoms with E-state index in [1.165, 1.54) is 16.2 Å². The number of nitrogens with zero attached hydrogens (tertiary/aromatic N) is 1. The van der Waals surface area contributed by atoms with Crippen LogP contribution in [0, 0.1) is 0 Å². The molecule has 1 amide bonds. The Hall–Kier alpha value is -1.04. The summed E-state index contributed by atoms with van der Waals surface area (Å²) in [6.45, 7) is 0.303. The molecule has 1 aliphatic carbocycles. The largest absolute Gasteiger partial charge is 0.397 e. The lowest BCUT2D eigenvalue weighted by molar-refractivity contribution is -0.162. The van der Waals surface area contributed by atoms with Gasteiger partial charge in [0.05, 0.1) is 6.54 Å². The van der Waals surface area contributed by atoms with Gasteiger partial charge >= 0.3 is 6.18 Å². The Bertz CT molecular complexity index is 384. The number of alkyl halides is 3. The van der Waals surface area contributed by atoms with Crippen LogP contribution in [0.5, 0.6) is 0 Å². The van der Waals surface area contributed by atoms with E-state index in [-0.39, 0.29) is 6.04 Å². The van der Waals surface area contributed by atoms with E-state index in [1.807, 2.05) is 17.5 Å². The van der Waals surface area contributed by atoms with Crippen LogP contribution >= 0.6 is 11.3 Å². The van der Waals surface area contributed by atoms with E-state index >= 15 is 0 Å². The fourth-order valence-corrected chi connectivity index (χ4v) is 2.35. The summed E-state index contributed by atoms with van der Waals surface area (Å²) in [5.74, 6) is -0.812. The summed E-state index contributed by atoms with van der Waals surface area (Å²) >= 11 is 1.46. The first-order chi connectivity index (χ1) is 7.96. The third-order valence-electron chi connectivity index (χ3n) is 2.57. The van der Waals surface area contributed by atoms with Crippen molar-refractivity contribution in [1.29, 1.82) is 0 Å². The fourth-order valence-electron chi connectivity index (χ4n) is 1.65. The number of hydrogen-bond donors (Lipinski definition) is 0. The smallest absolute Gasteiger partial charge is 0.334 e. The van der Waals surface area contributed by atoms with Crippen LogP contribution in [0.2, 0.25) is 0 Å². The number of carbonyl (C=O) groups excluding carboxylic acids is 1. The van der Waals surface area contributed by atoms with Gasteiger partial charge in [-0.05, 0) is 24.3 Å². The van der Waals surface area contributed by atoms with Crippen molar-refractivity contribution < 1.29 is 18.0 Å². The van der Waals surface area contributed by atoms with Crippen molar-refractivity contribution >= 4 is 17.2 Å². The van der Waals surface area contributed by atoms with Gasteiger partial charge in [0.15, 0.2) is 0 Å². The number of rotatable bonds is 4. The molecule has 1 aromatic rings. The maximum Gasteiger partial charge on any atom is 0.397 e. The number of carbonyl (C=O) groups is 1. The van der Waals surface area contributed by atoms with Crippen LogP contribution in [-0.2, 0) is 11.3 Å². The summed E-state index contributed by atoms with van der Waals surface area (Å²) in [6.07, 6.45) is -4.14. The molecular formula is C11H12F3NOS. The molecule has 1 fully saturated rings. The van der Waals surface area contributed by atoms with Crippen LogP contribution in [-0.4, -0.2) is 23.0 Å². The van der Waals surface area contributed by atoms with Gasteiger partial charge in [-0.15, -0.1) is 11.3 Å². The van der Waals surface area contributed by atoms with Gasteiger partial charge in [0.2, 0.25) is 5.91 Å². The Kier molecular flexibility index (Phi) is 3.42. The van der Waals surface area contributed by atoms with Gasteiger partial charge in [-0.2, -0.15) is 13.2 Å². The molecule has 2 rings (SSSR count). The summed E-state index contributed by atoms with van der Waals surface area (Å²) in [5, 5.41) is 1.86. The second-order valence-electron chi connectivity index (χ2n) is 4.12. The highest BCUT2D eigenvalue weighted by Crippen LogP contribution is 2.31. The first-order valence-corrected chi connectivity index (χ1v) is 6.22. The second-order valence-corrected chi connectivity index (χ2v) is 5.16. The maximum atomic E-state index is 12.2. The highest BCUT2D eigenvalue weighted by Gasteiger charge is 2.38. The van der Waals surface area contributed by atoms with Crippen LogP contribution in [0.15, 0.2) is 17.5 Å². The summed E-state index contributed by atoms with van der Waals surface area (Å²) in [4.78, 5) is 13.9.